The van der Waals surface area contributed by atoms with Gasteiger partial charge in [-0.3, -0.25) is 0 Å². The molecule has 0 saturated heterocycles. The topological polar surface area (TPSA) is 12.0 Å². The van der Waals surface area contributed by atoms with Gasteiger partial charge in [-0.15, -0.1) is 0 Å². The lowest BCUT2D eigenvalue weighted by Crippen LogP contribution is -2.19. The van der Waals surface area contributed by atoms with Crippen molar-refractivity contribution in [3.8, 4) is 0 Å². The molecule has 0 amide bonds. The average Bonchev–Trinajstić information content (AvgIpc) is 2.08. The molecule has 0 unspecified atom stereocenters. The van der Waals surface area contributed by atoms with Gasteiger partial charge in [0.15, 0.2) is 0 Å². The van der Waals surface area contributed by atoms with Gasteiger partial charge in [0.05, 0.1) is 0 Å². The molecule has 0 heterocycles. The van der Waals surface area contributed by atoms with Gasteiger partial charge >= 0.3 is 0 Å². The summed E-state index contributed by atoms with van der Waals surface area (Å²) >= 11 is 2.16. The van der Waals surface area contributed by atoms with Crippen molar-refractivity contribution in [1.29, 1.82) is 0 Å². The lowest BCUT2D eigenvalue weighted by atomic mass is 10.2. The molecule has 14 heavy (non-hydrogen) atoms. The maximum absolute atomic E-state index is 12.8. The quantitative estimate of drug-likeness (QED) is 0.843. The van der Waals surface area contributed by atoms with Gasteiger partial charge in [-0.05, 0) is 52.7 Å². The van der Waals surface area contributed by atoms with Crippen LogP contribution < -0.4 is 5.32 Å². The molecule has 0 aliphatic rings. The van der Waals surface area contributed by atoms with Crippen molar-refractivity contribution < 1.29 is 4.39 Å². The molecule has 3 heteroatoms. The molecule has 0 spiro atoms. The van der Waals surface area contributed by atoms with Crippen LogP contribution in [0, 0.1) is 15.3 Å². The third kappa shape index (κ3) is 3.92. The molecule has 78 valence electrons. The summed E-state index contributed by atoms with van der Waals surface area (Å²) in [5.41, 5.74) is 1.16. The maximum atomic E-state index is 12.8. The van der Waals surface area contributed by atoms with Gasteiger partial charge in [0.2, 0.25) is 0 Å². The first-order valence-corrected chi connectivity index (χ1v) is 5.82. The summed E-state index contributed by atoms with van der Waals surface area (Å²) < 4.78 is 13.8. The van der Waals surface area contributed by atoms with Crippen LogP contribution in [-0.2, 0) is 6.54 Å². The third-order valence-corrected chi connectivity index (χ3v) is 2.89. The largest absolute Gasteiger partial charge is 0.312 e. The fraction of sp³-hybridized carbons (Fsp3) is 0.455. The Morgan fingerprint density at radius 1 is 1.43 bits per heavy atom. The van der Waals surface area contributed by atoms with E-state index in [0.29, 0.717) is 5.92 Å². The number of rotatable bonds is 4. The van der Waals surface area contributed by atoms with Crippen molar-refractivity contribution >= 4 is 22.6 Å². The highest BCUT2D eigenvalue weighted by molar-refractivity contribution is 14.1. The summed E-state index contributed by atoms with van der Waals surface area (Å²) in [6.45, 7) is 6.15. The van der Waals surface area contributed by atoms with E-state index in [9.17, 15) is 4.39 Å². The van der Waals surface area contributed by atoms with E-state index >= 15 is 0 Å². The molecular weight excluding hydrogens is 292 g/mol. The van der Waals surface area contributed by atoms with Crippen molar-refractivity contribution in [1.82, 2.24) is 5.32 Å². The summed E-state index contributed by atoms with van der Waals surface area (Å²) in [5, 5.41) is 3.33. The van der Waals surface area contributed by atoms with Gasteiger partial charge < -0.3 is 5.32 Å². The molecule has 0 aliphatic carbocycles. The van der Waals surface area contributed by atoms with Crippen LogP contribution in [0.3, 0.4) is 0 Å². The van der Waals surface area contributed by atoms with Crippen LogP contribution in [0.1, 0.15) is 19.4 Å². The summed E-state index contributed by atoms with van der Waals surface area (Å²) in [7, 11) is 0. The molecule has 0 aromatic heterocycles. The van der Waals surface area contributed by atoms with E-state index in [1.807, 2.05) is 6.07 Å². The van der Waals surface area contributed by atoms with Crippen LogP contribution in [0.15, 0.2) is 18.2 Å². The Labute approximate surface area is 98.2 Å². The lowest BCUT2D eigenvalue weighted by Gasteiger charge is -2.08. The summed E-state index contributed by atoms with van der Waals surface area (Å²) in [4.78, 5) is 0. The molecule has 0 fully saturated rings. The third-order valence-electron chi connectivity index (χ3n) is 1.88. The van der Waals surface area contributed by atoms with Crippen LogP contribution in [-0.4, -0.2) is 6.54 Å². The highest BCUT2D eigenvalue weighted by Crippen LogP contribution is 2.13. The standard InChI is InChI=1S/C11H15FIN/c1-8(2)6-14-7-9-3-4-10(12)5-11(9)13/h3-5,8,14H,6-7H2,1-2H3. The SMILES string of the molecule is CC(C)CNCc1ccc(F)cc1I. The number of nitrogens with one attached hydrogen (secondary N) is 1. The van der Waals surface area contributed by atoms with E-state index in [2.05, 4.69) is 41.8 Å². The minimum absolute atomic E-state index is 0.165. The Morgan fingerprint density at radius 3 is 2.71 bits per heavy atom. The zero-order chi connectivity index (χ0) is 10.6. The van der Waals surface area contributed by atoms with Crippen LogP contribution in [0.2, 0.25) is 0 Å². The van der Waals surface area contributed by atoms with Gasteiger partial charge in [0.25, 0.3) is 0 Å². The molecule has 1 aromatic carbocycles. The zero-order valence-electron chi connectivity index (χ0n) is 8.48. The van der Waals surface area contributed by atoms with Gasteiger partial charge in [0.1, 0.15) is 5.82 Å². The van der Waals surface area contributed by atoms with Gasteiger partial charge in [-0.25, -0.2) is 4.39 Å². The predicted molar refractivity (Wildman–Crippen MR) is 65.7 cm³/mol. The van der Waals surface area contributed by atoms with Crippen LogP contribution in [0.4, 0.5) is 4.39 Å². The lowest BCUT2D eigenvalue weighted by molar-refractivity contribution is 0.550. The van der Waals surface area contributed by atoms with Crippen molar-refractivity contribution in [2.75, 3.05) is 6.54 Å². The minimum Gasteiger partial charge on any atom is -0.312 e. The molecule has 1 rings (SSSR count). The van der Waals surface area contributed by atoms with Crippen LogP contribution in [0.25, 0.3) is 0 Å². The molecule has 0 radical (unpaired) electrons. The van der Waals surface area contributed by atoms with Gasteiger partial charge in [0, 0.05) is 10.1 Å². The van der Waals surface area contributed by atoms with E-state index in [4.69, 9.17) is 0 Å². The highest BCUT2D eigenvalue weighted by Gasteiger charge is 2.01. The Balaban J connectivity index is 2.51. The van der Waals surface area contributed by atoms with Crippen molar-refractivity contribution in [3.05, 3.63) is 33.1 Å². The fourth-order valence-electron chi connectivity index (χ4n) is 1.16. The van der Waals surface area contributed by atoms with E-state index in [1.165, 1.54) is 6.07 Å². The Hall–Kier alpha value is -0.160. The first kappa shape index (κ1) is 11.9. The highest BCUT2D eigenvalue weighted by atomic mass is 127. The molecule has 1 N–H and O–H groups in total. The number of halogens is 2. The molecule has 1 aromatic rings. The van der Waals surface area contributed by atoms with Crippen molar-refractivity contribution in [2.24, 2.45) is 5.92 Å². The second-order valence-electron chi connectivity index (χ2n) is 3.76. The second kappa shape index (κ2) is 5.66. The van der Waals surface area contributed by atoms with Crippen molar-refractivity contribution in [3.63, 3.8) is 0 Å². The second-order valence-corrected chi connectivity index (χ2v) is 4.92. The zero-order valence-corrected chi connectivity index (χ0v) is 10.6. The van der Waals surface area contributed by atoms with Gasteiger partial charge in [-0.2, -0.15) is 0 Å². The van der Waals surface area contributed by atoms with Crippen molar-refractivity contribution in [2.45, 2.75) is 20.4 Å². The average molecular weight is 307 g/mol. The van der Waals surface area contributed by atoms with E-state index in [0.717, 1.165) is 22.2 Å². The molecular formula is C11H15FIN. The fourth-order valence-corrected chi connectivity index (χ4v) is 1.83. The van der Waals surface area contributed by atoms with Crippen LogP contribution >= 0.6 is 22.6 Å². The maximum Gasteiger partial charge on any atom is 0.124 e. The van der Waals surface area contributed by atoms with Crippen LogP contribution in [0.5, 0.6) is 0 Å². The summed E-state index contributed by atoms with van der Waals surface area (Å²) in [6, 6.07) is 4.91. The number of hydrogen-bond donors (Lipinski definition) is 1. The Bertz CT molecular complexity index is 299. The summed E-state index contributed by atoms with van der Waals surface area (Å²) in [5.74, 6) is 0.482. The molecule has 1 nitrogen and oxygen atoms in total. The molecule has 0 atom stereocenters. The summed E-state index contributed by atoms with van der Waals surface area (Å²) in [6.07, 6.45) is 0. The van der Waals surface area contributed by atoms with E-state index in [-0.39, 0.29) is 5.82 Å². The Kier molecular flexibility index (Phi) is 4.81. The smallest absolute Gasteiger partial charge is 0.124 e. The number of benzene rings is 1. The molecule has 0 aliphatic heterocycles. The minimum atomic E-state index is -0.165. The molecule has 0 bridgehead atoms. The Morgan fingerprint density at radius 2 is 2.14 bits per heavy atom. The molecule has 0 saturated carbocycles. The number of hydrogen-bond acceptors (Lipinski definition) is 1. The normalized spacial score (nSPS) is 10.9. The first-order valence-electron chi connectivity index (χ1n) is 4.74. The van der Waals surface area contributed by atoms with E-state index < -0.39 is 0 Å². The van der Waals surface area contributed by atoms with Gasteiger partial charge in [-0.1, -0.05) is 19.9 Å². The first-order chi connectivity index (χ1) is 6.59. The monoisotopic (exact) mass is 307 g/mol. The van der Waals surface area contributed by atoms with E-state index in [1.54, 1.807) is 6.07 Å². The predicted octanol–water partition coefficient (Wildman–Crippen LogP) is 3.18.